The standard InChI is InChI=1S/C16H19FO2S/c17-14-4-2-1-3-12(14)9-15(18)13-5-7-19-16(10-13)6-8-20-11-16/h1-4,13H,5-11H2. The highest BCUT2D eigenvalue weighted by molar-refractivity contribution is 7.99. The van der Waals surface area contributed by atoms with Gasteiger partial charge in [0.2, 0.25) is 0 Å². The number of thioether (sulfide) groups is 1. The summed E-state index contributed by atoms with van der Waals surface area (Å²) in [6.45, 7) is 0.661. The molecule has 4 heteroatoms. The van der Waals surface area contributed by atoms with Crippen molar-refractivity contribution >= 4 is 17.5 Å². The van der Waals surface area contributed by atoms with Crippen LogP contribution in [0.15, 0.2) is 24.3 Å². The average Bonchev–Trinajstić information content (AvgIpc) is 2.89. The Morgan fingerprint density at radius 2 is 2.30 bits per heavy atom. The van der Waals surface area contributed by atoms with Crippen molar-refractivity contribution in [1.29, 1.82) is 0 Å². The van der Waals surface area contributed by atoms with Gasteiger partial charge in [-0.3, -0.25) is 4.79 Å². The zero-order chi connectivity index (χ0) is 14.0. The lowest BCUT2D eigenvalue weighted by atomic mass is 9.81. The summed E-state index contributed by atoms with van der Waals surface area (Å²) in [4.78, 5) is 12.4. The van der Waals surface area contributed by atoms with E-state index >= 15 is 0 Å². The van der Waals surface area contributed by atoms with Gasteiger partial charge in [-0.15, -0.1) is 0 Å². The van der Waals surface area contributed by atoms with Crippen molar-refractivity contribution in [2.75, 3.05) is 18.1 Å². The molecular formula is C16H19FO2S. The van der Waals surface area contributed by atoms with Gasteiger partial charge in [0.25, 0.3) is 0 Å². The molecule has 20 heavy (non-hydrogen) atoms. The van der Waals surface area contributed by atoms with Crippen LogP contribution in [0.25, 0.3) is 0 Å². The van der Waals surface area contributed by atoms with Crippen molar-refractivity contribution in [2.24, 2.45) is 5.92 Å². The third-order valence-electron chi connectivity index (χ3n) is 4.34. The first-order chi connectivity index (χ1) is 9.69. The second-order valence-electron chi connectivity index (χ2n) is 5.76. The number of ketones is 1. The van der Waals surface area contributed by atoms with Gasteiger partial charge in [0, 0.05) is 24.7 Å². The Morgan fingerprint density at radius 1 is 1.45 bits per heavy atom. The van der Waals surface area contributed by atoms with E-state index in [1.54, 1.807) is 18.2 Å². The average molecular weight is 294 g/mol. The molecule has 1 aromatic carbocycles. The first-order valence-corrected chi connectivity index (χ1v) is 8.32. The van der Waals surface area contributed by atoms with E-state index in [9.17, 15) is 9.18 Å². The summed E-state index contributed by atoms with van der Waals surface area (Å²) < 4.78 is 19.6. The second-order valence-corrected chi connectivity index (χ2v) is 6.86. The van der Waals surface area contributed by atoms with Crippen LogP contribution in [0.2, 0.25) is 0 Å². The molecule has 1 spiro atoms. The maximum atomic E-state index is 13.6. The zero-order valence-electron chi connectivity index (χ0n) is 11.4. The first kappa shape index (κ1) is 14.1. The molecule has 0 bridgehead atoms. The smallest absolute Gasteiger partial charge is 0.140 e. The van der Waals surface area contributed by atoms with Crippen molar-refractivity contribution in [2.45, 2.75) is 31.3 Å². The Balaban J connectivity index is 1.66. The van der Waals surface area contributed by atoms with Crippen LogP contribution in [-0.4, -0.2) is 29.5 Å². The Labute approximate surface area is 123 Å². The van der Waals surface area contributed by atoms with Gasteiger partial charge in [0.15, 0.2) is 0 Å². The first-order valence-electron chi connectivity index (χ1n) is 7.16. The highest BCUT2D eigenvalue weighted by Gasteiger charge is 2.42. The van der Waals surface area contributed by atoms with Crippen LogP contribution in [0, 0.1) is 11.7 Å². The lowest BCUT2D eigenvalue weighted by Gasteiger charge is -2.37. The third-order valence-corrected chi connectivity index (χ3v) is 5.56. The number of Topliss-reactive ketones (excluding diaryl/α,β-unsaturated/α-hetero) is 1. The van der Waals surface area contributed by atoms with E-state index < -0.39 is 0 Å². The summed E-state index contributed by atoms with van der Waals surface area (Å²) in [5.41, 5.74) is 0.428. The molecule has 3 rings (SSSR count). The maximum absolute atomic E-state index is 13.6. The van der Waals surface area contributed by atoms with Crippen LogP contribution in [0.5, 0.6) is 0 Å². The molecule has 1 aromatic rings. The number of benzene rings is 1. The quantitative estimate of drug-likeness (QED) is 0.856. The number of hydrogen-bond acceptors (Lipinski definition) is 3. The maximum Gasteiger partial charge on any atom is 0.140 e. The van der Waals surface area contributed by atoms with Crippen LogP contribution in [0.3, 0.4) is 0 Å². The van der Waals surface area contributed by atoms with E-state index in [0.29, 0.717) is 12.2 Å². The number of rotatable bonds is 3. The van der Waals surface area contributed by atoms with Gasteiger partial charge in [-0.25, -0.2) is 4.39 Å². The summed E-state index contributed by atoms with van der Waals surface area (Å²) in [5.74, 6) is 2.03. The van der Waals surface area contributed by atoms with Crippen molar-refractivity contribution in [3.05, 3.63) is 35.6 Å². The van der Waals surface area contributed by atoms with Crippen molar-refractivity contribution in [3.63, 3.8) is 0 Å². The van der Waals surface area contributed by atoms with E-state index in [2.05, 4.69) is 0 Å². The summed E-state index contributed by atoms with van der Waals surface area (Å²) in [7, 11) is 0. The van der Waals surface area contributed by atoms with E-state index in [0.717, 1.165) is 30.8 Å². The number of ether oxygens (including phenoxy) is 1. The number of hydrogen-bond donors (Lipinski definition) is 0. The largest absolute Gasteiger partial charge is 0.374 e. The molecule has 0 radical (unpaired) electrons. The molecule has 2 fully saturated rings. The summed E-state index contributed by atoms with van der Waals surface area (Å²) in [6.07, 6.45) is 2.84. The Morgan fingerprint density at radius 3 is 3.05 bits per heavy atom. The summed E-state index contributed by atoms with van der Waals surface area (Å²) >= 11 is 1.90. The van der Waals surface area contributed by atoms with Gasteiger partial charge in [0.05, 0.1) is 5.60 Å². The molecule has 2 unspecified atom stereocenters. The highest BCUT2D eigenvalue weighted by atomic mass is 32.2. The molecule has 0 aromatic heterocycles. The van der Waals surface area contributed by atoms with Gasteiger partial charge in [-0.1, -0.05) is 18.2 Å². The topological polar surface area (TPSA) is 26.3 Å². The molecule has 108 valence electrons. The SMILES string of the molecule is O=C(Cc1ccccc1F)C1CCOC2(CCSC2)C1. The predicted molar refractivity (Wildman–Crippen MR) is 78.5 cm³/mol. The minimum absolute atomic E-state index is 0.0297. The minimum atomic E-state index is -0.279. The van der Waals surface area contributed by atoms with Crippen LogP contribution in [0.1, 0.15) is 24.8 Å². The van der Waals surface area contributed by atoms with Gasteiger partial charge in [-0.05, 0) is 36.6 Å². The third kappa shape index (κ3) is 2.91. The van der Waals surface area contributed by atoms with Crippen LogP contribution < -0.4 is 0 Å². The van der Waals surface area contributed by atoms with Gasteiger partial charge >= 0.3 is 0 Å². The van der Waals surface area contributed by atoms with E-state index in [-0.39, 0.29) is 29.5 Å². The number of carbonyl (C=O) groups excluding carboxylic acids is 1. The normalized spacial score (nSPS) is 29.8. The lowest BCUT2D eigenvalue weighted by Crippen LogP contribution is -2.42. The Kier molecular flexibility index (Phi) is 4.13. The molecule has 2 nitrogen and oxygen atoms in total. The predicted octanol–water partition coefficient (Wildman–Crippen LogP) is 3.24. The highest BCUT2D eigenvalue weighted by Crippen LogP contribution is 2.40. The number of carbonyl (C=O) groups is 1. The zero-order valence-corrected chi connectivity index (χ0v) is 12.3. The van der Waals surface area contributed by atoms with Crippen LogP contribution >= 0.6 is 11.8 Å². The molecule has 2 aliphatic heterocycles. The van der Waals surface area contributed by atoms with Crippen LogP contribution in [-0.2, 0) is 16.0 Å². The van der Waals surface area contributed by atoms with Crippen molar-refractivity contribution < 1.29 is 13.9 Å². The Hall–Kier alpha value is -0.870. The van der Waals surface area contributed by atoms with Gasteiger partial charge < -0.3 is 4.74 Å². The fraction of sp³-hybridized carbons (Fsp3) is 0.562. The molecule has 0 saturated carbocycles. The molecule has 2 heterocycles. The summed E-state index contributed by atoms with van der Waals surface area (Å²) in [6, 6.07) is 6.56. The summed E-state index contributed by atoms with van der Waals surface area (Å²) in [5, 5.41) is 0. The monoisotopic (exact) mass is 294 g/mol. The second kappa shape index (κ2) is 5.86. The Bertz CT molecular complexity index is 497. The van der Waals surface area contributed by atoms with E-state index in [1.807, 2.05) is 11.8 Å². The van der Waals surface area contributed by atoms with Crippen molar-refractivity contribution in [3.8, 4) is 0 Å². The van der Waals surface area contributed by atoms with E-state index in [4.69, 9.17) is 4.74 Å². The molecule has 2 aliphatic rings. The molecule has 2 saturated heterocycles. The van der Waals surface area contributed by atoms with Gasteiger partial charge in [-0.2, -0.15) is 11.8 Å². The number of halogens is 1. The lowest BCUT2D eigenvalue weighted by molar-refractivity contribution is -0.133. The van der Waals surface area contributed by atoms with Crippen molar-refractivity contribution in [1.82, 2.24) is 0 Å². The molecule has 0 amide bonds. The fourth-order valence-corrected chi connectivity index (χ4v) is 4.52. The molecular weight excluding hydrogens is 275 g/mol. The van der Waals surface area contributed by atoms with E-state index in [1.165, 1.54) is 6.07 Å². The van der Waals surface area contributed by atoms with Gasteiger partial charge in [0.1, 0.15) is 11.6 Å². The molecule has 0 N–H and O–H groups in total. The molecule has 2 atom stereocenters. The van der Waals surface area contributed by atoms with Crippen LogP contribution in [0.4, 0.5) is 4.39 Å². The molecule has 0 aliphatic carbocycles. The minimum Gasteiger partial charge on any atom is -0.374 e. The fourth-order valence-electron chi connectivity index (χ4n) is 3.14.